The SMILES string of the molecule is Cc1cnc2c(N(C)C(=O)OC(C)(C)C)cc(Cl)nn12. The number of anilines is 1. The van der Waals surface area contributed by atoms with Crippen LogP contribution in [0.3, 0.4) is 0 Å². The molecular weight excluding hydrogens is 280 g/mol. The van der Waals surface area contributed by atoms with Gasteiger partial charge >= 0.3 is 6.09 Å². The molecule has 0 unspecified atom stereocenters. The maximum absolute atomic E-state index is 12.1. The predicted octanol–water partition coefficient (Wildman–Crippen LogP) is 3.06. The normalized spacial score (nSPS) is 11.7. The summed E-state index contributed by atoms with van der Waals surface area (Å²) < 4.78 is 6.93. The molecule has 0 saturated heterocycles. The van der Waals surface area contributed by atoms with Crippen molar-refractivity contribution < 1.29 is 9.53 Å². The summed E-state index contributed by atoms with van der Waals surface area (Å²) in [4.78, 5) is 17.8. The minimum atomic E-state index is -0.566. The van der Waals surface area contributed by atoms with Crippen molar-refractivity contribution in [2.45, 2.75) is 33.3 Å². The summed E-state index contributed by atoms with van der Waals surface area (Å²) in [6.45, 7) is 7.30. The van der Waals surface area contributed by atoms with E-state index >= 15 is 0 Å². The van der Waals surface area contributed by atoms with E-state index < -0.39 is 11.7 Å². The lowest BCUT2D eigenvalue weighted by atomic mass is 10.2. The number of rotatable bonds is 1. The molecule has 2 aromatic rings. The molecule has 0 aromatic carbocycles. The fraction of sp³-hybridized carbons (Fsp3) is 0.462. The second kappa shape index (κ2) is 4.94. The summed E-state index contributed by atoms with van der Waals surface area (Å²) in [7, 11) is 1.61. The number of hydrogen-bond acceptors (Lipinski definition) is 4. The van der Waals surface area contributed by atoms with E-state index in [4.69, 9.17) is 16.3 Å². The minimum absolute atomic E-state index is 0.281. The van der Waals surface area contributed by atoms with Crippen LogP contribution in [0.25, 0.3) is 5.65 Å². The molecule has 108 valence electrons. The van der Waals surface area contributed by atoms with Crippen LogP contribution >= 0.6 is 11.6 Å². The highest BCUT2D eigenvalue weighted by Gasteiger charge is 2.23. The zero-order valence-electron chi connectivity index (χ0n) is 12.1. The molecular formula is C13H17ClN4O2. The molecule has 0 saturated carbocycles. The number of amides is 1. The minimum Gasteiger partial charge on any atom is -0.443 e. The monoisotopic (exact) mass is 296 g/mol. The van der Waals surface area contributed by atoms with Crippen LogP contribution in [0.5, 0.6) is 0 Å². The number of imidazole rings is 1. The zero-order valence-corrected chi connectivity index (χ0v) is 12.9. The van der Waals surface area contributed by atoms with Gasteiger partial charge in [-0.15, -0.1) is 0 Å². The summed E-state index contributed by atoms with van der Waals surface area (Å²) in [5.41, 5.74) is 1.37. The van der Waals surface area contributed by atoms with E-state index in [1.807, 2.05) is 27.7 Å². The first kappa shape index (κ1) is 14.6. The van der Waals surface area contributed by atoms with Crippen LogP contribution in [0, 0.1) is 6.92 Å². The molecule has 2 rings (SSSR count). The van der Waals surface area contributed by atoms with Crippen molar-refractivity contribution in [1.82, 2.24) is 14.6 Å². The number of fused-ring (bicyclic) bond motifs is 1. The van der Waals surface area contributed by atoms with E-state index in [0.717, 1.165) is 5.69 Å². The van der Waals surface area contributed by atoms with E-state index in [1.54, 1.807) is 23.8 Å². The molecule has 0 spiro atoms. The lowest BCUT2D eigenvalue weighted by Gasteiger charge is -2.24. The van der Waals surface area contributed by atoms with Gasteiger partial charge in [0.05, 0.1) is 17.6 Å². The summed E-state index contributed by atoms with van der Waals surface area (Å²) in [5, 5.41) is 4.43. The smallest absolute Gasteiger partial charge is 0.414 e. The third-order valence-electron chi connectivity index (χ3n) is 2.62. The number of nitrogens with zero attached hydrogens (tertiary/aromatic N) is 4. The lowest BCUT2D eigenvalue weighted by molar-refractivity contribution is 0.0589. The van der Waals surface area contributed by atoms with Gasteiger partial charge in [-0.1, -0.05) is 11.6 Å². The van der Waals surface area contributed by atoms with Gasteiger partial charge in [0, 0.05) is 13.1 Å². The number of aromatic nitrogens is 3. The van der Waals surface area contributed by atoms with Gasteiger partial charge in [-0.2, -0.15) is 5.10 Å². The summed E-state index contributed by atoms with van der Waals surface area (Å²) >= 11 is 6.00. The Morgan fingerprint density at radius 3 is 2.70 bits per heavy atom. The number of hydrogen-bond donors (Lipinski definition) is 0. The topological polar surface area (TPSA) is 59.7 Å². The average Bonchev–Trinajstić information content (AvgIpc) is 2.67. The second-order valence-electron chi connectivity index (χ2n) is 5.53. The molecule has 0 fully saturated rings. The molecule has 7 heteroatoms. The Morgan fingerprint density at radius 1 is 1.45 bits per heavy atom. The van der Waals surface area contributed by atoms with Gasteiger partial charge in [-0.3, -0.25) is 4.90 Å². The van der Waals surface area contributed by atoms with E-state index in [9.17, 15) is 4.79 Å². The molecule has 6 nitrogen and oxygen atoms in total. The summed E-state index contributed by atoms with van der Waals surface area (Å²) in [6.07, 6.45) is 1.20. The van der Waals surface area contributed by atoms with Gasteiger partial charge in [0.2, 0.25) is 0 Å². The van der Waals surface area contributed by atoms with Gasteiger partial charge in [0.15, 0.2) is 10.8 Å². The summed E-state index contributed by atoms with van der Waals surface area (Å²) in [6, 6.07) is 1.59. The second-order valence-corrected chi connectivity index (χ2v) is 5.91. The highest BCUT2D eigenvalue weighted by atomic mass is 35.5. The third kappa shape index (κ3) is 2.85. The molecule has 0 atom stereocenters. The van der Waals surface area contributed by atoms with Gasteiger partial charge in [-0.05, 0) is 27.7 Å². The van der Waals surface area contributed by atoms with Crippen LogP contribution in [-0.2, 0) is 4.74 Å². The highest BCUT2D eigenvalue weighted by molar-refractivity contribution is 6.29. The van der Waals surface area contributed by atoms with Crippen molar-refractivity contribution in [2.75, 3.05) is 11.9 Å². The number of aryl methyl sites for hydroxylation is 1. The first-order valence-electron chi connectivity index (χ1n) is 6.16. The number of halogens is 1. The summed E-state index contributed by atoms with van der Waals surface area (Å²) in [5.74, 6) is 0. The molecule has 2 heterocycles. The zero-order chi connectivity index (χ0) is 15.1. The van der Waals surface area contributed by atoms with Crippen molar-refractivity contribution in [1.29, 1.82) is 0 Å². The lowest BCUT2D eigenvalue weighted by Crippen LogP contribution is -2.34. The molecule has 0 radical (unpaired) electrons. The third-order valence-corrected chi connectivity index (χ3v) is 2.80. The molecule has 20 heavy (non-hydrogen) atoms. The van der Waals surface area contributed by atoms with Crippen LogP contribution in [-0.4, -0.2) is 33.3 Å². The van der Waals surface area contributed by atoms with Crippen molar-refractivity contribution in [3.63, 3.8) is 0 Å². The van der Waals surface area contributed by atoms with E-state index in [2.05, 4.69) is 10.1 Å². The van der Waals surface area contributed by atoms with Crippen LogP contribution < -0.4 is 4.90 Å². The van der Waals surface area contributed by atoms with Crippen LogP contribution in [0.15, 0.2) is 12.3 Å². The number of ether oxygens (including phenoxy) is 1. The predicted molar refractivity (Wildman–Crippen MR) is 77.4 cm³/mol. The Hall–Kier alpha value is -1.82. The standard InChI is InChI=1S/C13H17ClN4O2/c1-8-7-15-11-9(6-10(14)16-18(8)11)17(5)12(19)20-13(2,3)4/h6-7H,1-5H3. The van der Waals surface area contributed by atoms with E-state index in [0.29, 0.717) is 11.3 Å². The quantitative estimate of drug-likeness (QED) is 0.811. The van der Waals surface area contributed by atoms with Gasteiger partial charge in [0.1, 0.15) is 5.60 Å². The highest BCUT2D eigenvalue weighted by Crippen LogP contribution is 2.24. The van der Waals surface area contributed by atoms with Gasteiger partial charge in [-0.25, -0.2) is 14.3 Å². The van der Waals surface area contributed by atoms with Crippen molar-refractivity contribution in [2.24, 2.45) is 0 Å². The Balaban J connectivity index is 2.44. The molecule has 0 aliphatic rings. The molecule has 0 aliphatic carbocycles. The maximum Gasteiger partial charge on any atom is 0.414 e. The Bertz CT molecular complexity index is 660. The van der Waals surface area contributed by atoms with Crippen LogP contribution in [0.1, 0.15) is 26.5 Å². The van der Waals surface area contributed by atoms with Gasteiger partial charge in [0.25, 0.3) is 0 Å². The van der Waals surface area contributed by atoms with Gasteiger partial charge < -0.3 is 4.74 Å². The fourth-order valence-corrected chi connectivity index (χ4v) is 1.89. The van der Waals surface area contributed by atoms with E-state index in [1.165, 1.54) is 4.90 Å². The Labute approximate surface area is 122 Å². The Kier molecular flexibility index (Phi) is 3.60. The molecule has 0 N–H and O–H groups in total. The molecule has 0 aliphatic heterocycles. The first-order valence-corrected chi connectivity index (χ1v) is 6.54. The molecule has 1 amide bonds. The van der Waals surface area contributed by atoms with Crippen molar-refractivity contribution >= 4 is 29.0 Å². The largest absolute Gasteiger partial charge is 0.443 e. The number of carbonyl (C=O) groups is 1. The van der Waals surface area contributed by atoms with Crippen molar-refractivity contribution in [3.8, 4) is 0 Å². The van der Waals surface area contributed by atoms with Crippen molar-refractivity contribution in [3.05, 3.63) is 23.1 Å². The van der Waals surface area contributed by atoms with Crippen LogP contribution in [0.4, 0.5) is 10.5 Å². The van der Waals surface area contributed by atoms with E-state index in [-0.39, 0.29) is 5.15 Å². The number of carbonyl (C=O) groups excluding carboxylic acids is 1. The Morgan fingerprint density at radius 2 is 2.10 bits per heavy atom. The maximum atomic E-state index is 12.1. The molecule has 2 aromatic heterocycles. The molecule has 0 bridgehead atoms. The average molecular weight is 297 g/mol. The first-order chi connectivity index (χ1) is 9.19. The van der Waals surface area contributed by atoms with Crippen LogP contribution in [0.2, 0.25) is 5.15 Å². The fourth-order valence-electron chi connectivity index (χ4n) is 1.71.